The monoisotopic (exact) mass is 543 g/mol. The van der Waals surface area contributed by atoms with Gasteiger partial charge in [0.1, 0.15) is 6.33 Å². The molecule has 0 N–H and O–H groups in total. The van der Waals surface area contributed by atoms with Gasteiger partial charge in [0.05, 0.1) is 22.2 Å². The molecule has 0 saturated heterocycles. The second-order valence-electron chi connectivity index (χ2n) is 10.0. The molecule has 0 saturated carbocycles. The van der Waals surface area contributed by atoms with Gasteiger partial charge >= 0.3 is 0 Å². The quantitative estimate of drug-likeness (QED) is 0.221. The third-order valence-electron chi connectivity index (χ3n) is 7.68. The number of amides is 2. The minimum atomic E-state index is -0.468. The van der Waals surface area contributed by atoms with Crippen LogP contribution in [0.1, 0.15) is 20.7 Å². The molecule has 8 rings (SSSR count). The lowest BCUT2D eigenvalue weighted by Crippen LogP contribution is -2.31. The molecular weight excluding hydrogens is 522 g/mol. The van der Waals surface area contributed by atoms with Gasteiger partial charge in [0.25, 0.3) is 11.8 Å². The zero-order chi connectivity index (χ0) is 28.2. The van der Waals surface area contributed by atoms with E-state index in [1.807, 2.05) is 115 Å². The maximum absolute atomic E-state index is 14.4. The highest BCUT2D eigenvalue weighted by Gasteiger charge is 2.42. The lowest BCUT2D eigenvalue weighted by molar-refractivity contribution is 0.0924. The molecule has 0 bridgehead atoms. The summed E-state index contributed by atoms with van der Waals surface area (Å²) in [5.41, 5.74) is 5.73. The lowest BCUT2D eigenvalue weighted by Gasteiger charge is -2.13. The molecule has 5 aromatic carbocycles. The van der Waals surface area contributed by atoms with E-state index in [1.165, 1.54) is 6.33 Å². The van der Waals surface area contributed by atoms with Crippen LogP contribution in [0.25, 0.3) is 50.0 Å². The fourth-order valence-corrected chi connectivity index (χ4v) is 5.87. The first-order valence-electron chi connectivity index (χ1n) is 13.5. The fraction of sp³-hybridized carbons (Fsp3) is 0. The van der Waals surface area contributed by atoms with Crippen LogP contribution in [0.4, 0.5) is 5.95 Å². The van der Waals surface area contributed by atoms with Crippen LogP contribution >= 0.6 is 0 Å². The summed E-state index contributed by atoms with van der Waals surface area (Å²) < 4.78 is 2.08. The second-order valence-corrected chi connectivity index (χ2v) is 10.0. The fourth-order valence-electron chi connectivity index (χ4n) is 5.87. The van der Waals surface area contributed by atoms with Crippen LogP contribution in [0.15, 0.2) is 128 Å². The molecule has 0 radical (unpaired) electrons. The molecule has 42 heavy (non-hydrogen) atoms. The van der Waals surface area contributed by atoms with Gasteiger partial charge in [-0.15, -0.1) is 0 Å². The standard InChI is InChI=1S/C35H21N5O2/c41-33-27-20-26(22-12-4-1-5-13-22)29-25-18-10-11-19-28(25)39(24-16-8-3-9-17-24)31(29)30(27)34(42)40(33)35-37-21-36-32(38-35)23-14-6-2-7-15-23/h1-21H. The highest BCUT2D eigenvalue weighted by molar-refractivity contribution is 6.39. The van der Waals surface area contributed by atoms with Gasteiger partial charge in [-0.1, -0.05) is 97.1 Å². The summed E-state index contributed by atoms with van der Waals surface area (Å²) in [6.07, 6.45) is 1.33. The Balaban J connectivity index is 1.44. The third kappa shape index (κ3) is 3.50. The van der Waals surface area contributed by atoms with Crippen LogP contribution in [-0.2, 0) is 0 Å². The first kappa shape index (κ1) is 23.9. The average molecular weight is 544 g/mol. The number of anilines is 1. The molecule has 2 aromatic heterocycles. The van der Waals surface area contributed by atoms with Crippen molar-refractivity contribution in [1.82, 2.24) is 19.5 Å². The highest BCUT2D eigenvalue weighted by atomic mass is 16.2. The number of carbonyl (C=O) groups excluding carboxylic acids is 2. The van der Waals surface area contributed by atoms with Crippen molar-refractivity contribution in [3.8, 4) is 28.2 Å². The summed E-state index contributed by atoms with van der Waals surface area (Å²) in [4.78, 5) is 42.7. The summed E-state index contributed by atoms with van der Waals surface area (Å²) in [5, 5.41) is 1.89. The smallest absolute Gasteiger partial charge is 0.270 e. The van der Waals surface area contributed by atoms with Gasteiger partial charge in [0, 0.05) is 22.0 Å². The summed E-state index contributed by atoms with van der Waals surface area (Å²) in [6.45, 7) is 0. The Morgan fingerprint density at radius 2 is 1.24 bits per heavy atom. The SMILES string of the molecule is O=C1c2cc(-c3ccccc3)c3c4ccccc4n(-c4ccccc4)c3c2C(=O)N1c1ncnc(-c2ccccc2)n1. The van der Waals surface area contributed by atoms with E-state index in [-0.39, 0.29) is 5.95 Å². The largest absolute Gasteiger partial charge is 0.308 e. The number of carbonyl (C=O) groups is 2. The number of hydrogen-bond donors (Lipinski definition) is 0. The van der Waals surface area contributed by atoms with E-state index in [2.05, 4.69) is 25.6 Å². The molecule has 7 aromatic rings. The van der Waals surface area contributed by atoms with Gasteiger partial charge in [0.2, 0.25) is 5.95 Å². The van der Waals surface area contributed by atoms with E-state index in [0.29, 0.717) is 22.5 Å². The van der Waals surface area contributed by atoms with E-state index in [9.17, 15) is 9.59 Å². The third-order valence-corrected chi connectivity index (χ3v) is 7.68. The summed E-state index contributed by atoms with van der Waals surface area (Å²) in [6, 6.07) is 39.2. The molecular formula is C35H21N5O2. The second kappa shape index (κ2) is 9.31. The van der Waals surface area contributed by atoms with Crippen molar-refractivity contribution in [1.29, 1.82) is 0 Å². The molecule has 7 heteroatoms. The van der Waals surface area contributed by atoms with E-state index in [0.717, 1.165) is 43.6 Å². The van der Waals surface area contributed by atoms with Gasteiger partial charge < -0.3 is 4.57 Å². The van der Waals surface area contributed by atoms with Gasteiger partial charge in [0.15, 0.2) is 5.82 Å². The van der Waals surface area contributed by atoms with E-state index in [4.69, 9.17) is 0 Å². The van der Waals surface area contributed by atoms with Crippen molar-refractivity contribution in [2.45, 2.75) is 0 Å². The number of imide groups is 1. The summed E-state index contributed by atoms with van der Waals surface area (Å²) in [7, 11) is 0. The number of fused-ring (bicyclic) bond motifs is 5. The number of benzene rings is 5. The Hall–Kier alpha value is -5.95. The van der Waals surface area contributed by atoms with Crippen LogP contribution in [0.2, 0.25) is 0 Å². The zero-order valence-corrected chi connectivity index (χ0v) is 22.2. The first-order valence-corrected chi connectivity index (χ1v) is 13.5. The van der Waals surface area contributed by atoms with Crippen LogP contribution in [0, 0.1) is 0 Å². The molecule has 1 aliphatic heterocycles. The van der Waals surface area contributed by atoms with Crippen molar-refractivity contribution in [2.24, 2.45) is 0 Å². The Kier molecular flexibility index (Phi) is 5.30. The molecule has 0 unspecified atom stereocenters. The van der Waals surface area contributed by atoms with E-state index in [1.54, 1.807) is 0 Å². The number of nitrogens with zero attached hydrogens (tertiary/aromatic N) is 5. The van der Waals surface area contributed by atoms with Gasteiger partial charge in [-0.3, -0.25) is 9.59 Å². The van der Waals surface area contributed by atoms with Crippen molar-refractivity contribution in [3.05, 3.63) is 139 Å². The Bertz CT molecular complexity index is 2170. The van der Waals surface area contributed by atoms with Gasteiger partial charge in [-0.05, 0) is 35.4 Å². The molecule has 0 atom stereocenters. The first-order chi connectivity index (χ1) is 20.7. The normalized spacial score (nSPS) is 12.8. The summed E-state index contributed by atoms with van der Waals surface area (Å²) in [5.74, 6) is -0.563. The molecule has 7 nitrogen and oxygen atoms in total. The average Bonchev–Trinajstić information content (AvgIpc) is 3.53. The molecule has 198 valence electrons. The molecule has 0 fully saturated rings. The highest BCUT2D eigenvalue weighted by Crippen LogP contribution is 2.44. The minimum Gasteiger partial charge on any atom is -0.308 e. The number of rotatable bonds is 4. The van der Waals surface area contributed by atoms with Crippen molar-refractivity contribution in [2.75, 3.05) is 4.90 Å². The molecule has 2 amide bonds. The van der Waals surface area contributed by atoms with Crippen LogP contribution in [0.3, 0.4) is 0 Å². The van der Waals surface area contributed by atoms with Gasteiger partial charge in [-0.2, -0.15) is 4.98 Å². The molecule has 1 aliphatic rings. The van der Waals surface area contributed by atoms with Crippen molar-refractivity contribution in [3.63, 3.8) is 0 Å². The Morgan fingerprint density at radius 3 is 1.98 bits per heavy atom. The number of aromatic nitrogens is 4. The summed E-state index contributed by atoms with van der Waals surface area (Å²) >= 11 is 0. The van der Waals surface area contributed by atoms with Crippen molar-refractivity contribution < 1.29 is 9.59 Å². The zero-order valence-electron chi connectivity index (χ0n) is 22.2. The van der Waals surface area contributed by atoms with Crippen LogP contribution < -0.4 is 4.90 Å². The maximum atomic E-state index is 14.4. The Morgan fingerprint density at radius 1 is 0.595 bits per heavy atom. The van der Waals surface area contributed by atoms with Crippen LogP contribution in [-0.4, -0.2) is 31.3 Å². The Labute approximate surface area is 240 Å². The maximum Gasteiger partial charge on any atom is 0.270 e. The van der Waals surface area contributed by atoms with Crippen molar-refractivity contribution >= 4 is 39.6 Å². The number of para-hydroxylation sites is 2. The number of hydrogen-bond acceptors (Lipinski definition) is 5. The molecule has 0 aliphatic carbocycles. The lowest BCUT2D eigenvalue weighted by atomic mass is 9.94. The predicted octanol–water partition coefficient (Wildman–Crippen LogP) is 7.10. The minimum absolute atomic E-state index is 0.00756. The topological polar surface area (TPSA) is 81.0 Å². The van der Waals surface area contributed by atoms with Gasteiger partial charge in [-0.25, -0.2) is 14.9 Å². The van der Waals surface area contributed by atoms with E-state index >= 15 is 0 Å². The van der Waals surface area contributed by atoms with E-state index < -0.39 is 11.8 Å². The van der Waals surface area contributed by atoms with Crippen LogP contribution in [0.5, 0.6) is 0 Å². The molecule has 3 heterocycles. The molecule has 0 spiro atoms. The predicted molar refractivity (Wildman–Crippen MR) is 163 cm³/mol.